The Bertz CT molecular complexity index is 2120. The molecule has 4 aromatic heterocycles. The van der Waals surface area contributed by atoms with Gasteiger partial charge in [0.15, 0.2) is 0 Å². The maximum atomic E-state index is 13.4. The molecule has 2 aliphatic rings. The van der Waals surface area contributed by atoms with Crippen molar-refractivity contribution in [1.82, 2.24) is 40.4 Å². The van der Waals surface area contributed by atoms with Crippen LogP contribution in [0.25, 0.3) is 20.7 Å². The number of aromatic amines is 2. The van der Waals surface area contributed by atoms with Crippen molar-refractivity contribution < 1.29 is 29.0 Å². The zero-order valence-corrected chi connectivity index (χ0v) is 31.7. The Kier molecular flexibility index (Phi) is 11.4. The van der Waals surface area contributed by atoms with Crippen LogP contribution in [0.4, 0.5) is 9.59 Å². The number of aromatic nitrogens is 4. The monoisotopic (exact) mass is 758 g/mol. The van der Waals surface area contributed by atoms with Crippen LogP contribution in [0.15, 0.2) is 23.2 Å². The zero-order valence-electron chi connectivity index (χ0n) is 30.1. The van der Waals surface area contributed by atoms with E-state index in [9.17, 15) is 24.3 Å². The molecule has 4 atom stereocenters. The van der Waals surface area contributed by atoms with E-state index in [1.54, 1.807) is 44.9 Å². The molecule has 16 heteroatoms. The Balaban J connectivity index is 1.12. The molecule has 0 saturated carbocycles. The standard InChI is InChI=1S/C37H42N8O6S2/c1-20(2)28(42-36(48)49)34(46)45-15-9-13-27(45)33-39-17-25(41-33)24-19-53-30-22(18-52-31(24)30)10-6-7-11-23-16-38-32(40-23)26-12-8-14-44(26)35(47)29(21(3)4)43-37(50)51-5/h16-21,26-29,42H,8-9,12-15H2,1-5H3,(H,38,40)(H,39,41)(H,43,50)(H,48,49)/t26?,27?,28-,29?/m0/s1. The van der Waals surface area contributed by atoms with E-state index >= 15 is 0 Å². The quantitative estimate of drug-likeness (QED) is 0.139. The summed E-state index contributed by atoms with van der Waals surface area (Å²) in [5.74, 6) is 12.7. The van der Waals surface area contributed by atoms with Gasteiger partial charge in [-0.2, -0.15) is 0 Å². The van der Waals surface area contributed by atoms with Crippen LogP contribution in [0.5, 0.6) is 0 Å². The number of hydrogen-bond acceptors (Lipinski definition) is 9. The number of nitrogens with one attached hydrogen (secondary N) is 4. The topological polar surface area (TPSA) is 186 Å². The van der Waals surface area contributed by atoms with Crippen LogP contribution in [0.3, 0.4) is 0 Å². The van der Waals surface area contributed by atoms with Gasteiger partial charge in [-0.1, -0.05) is 33.6 Å². The summed E-state index contributed by atoms with van der Waals surface area (Å²) in [6.07, 6.45) is 4.67. The summed E-state index contributed by atoms with van der Waals surface area (Å²) < 4.78 is 6.84. The van der Waals surface area contributed by atoms with Crippen LogP contribution in [0.2, 0.25) is 0 Å². The molecule has 2 aliphatic heterocycles. The van der Waals surface area contributed by atoms with Crippen LogP contribution < -0.4 is 10.6 Å². The fourth-order valence-corrected chi connectivity index (χ4v) is 9.13. The minimum Gasteiger partial charge on any atom is -0.465 e. The van der Waals surface area contributed by atoms with Crippen molar-refractivity contribution >= 4 is 56.1 Å². The lowest BCUT2D eigenvalue weighted by molar-refractivity contribution is -0.136. The lowest BCUT2D eigenvalue weighted by Gasteiger charge is -2.29. The minimum absolute atomic E-state index is 0.121. The number of nitrogens with zero attached hydrogens (tertiary/aromatic N) is 4. The molecule has 278 valence electrons. The summed E-state index contributed by atoms with van der Waals surface area (Å²) in [5, 5.41) is 18.4. The smallest absolute Gasteiger partial charge is 0.407 e. The predicted molar refractivity (Wildman–Crippen MR) is 201 cm³/mol. The van der Waals surface area contributed by atoms with E-state index in [-0.39, 0.29) is 35.7 Å². The third kappa shape index (κ3) is 8.04. The number of carbonyl (C=O) groups is 4. The zero-order chi connectivity index (χ0) is 37.8. The number of alkyl carbamates (subject to hydrolysis) is 1. The van der Waals surface area contributed by atoms with E-state index in [1.165, 1.54) is 7.11 Å². The van der Waals surface area contributed by atoms with E-state index in [4.69, 9.17) is 4.74 Å². The normalized spacial score (nSPS) is 18.0. The second-order valence-electron chi connectivity index (χ2n) is 13.7. The Hall–Kier alpha value is -5.32. The molecule has 3 unspecified atom stereocenters. The number of carbonyl (C=O) groups excluding carboxylic acids is 3. The molecule has 5 N–H and O–H groups in total. The van der Waals surface area contributed by atoms with Gasteiger partial charge in [0.25, 0.3) is 0 Å². The summed E-state index contributed by atoms with van der Waals surface area (Å²) >= 11 is 3.18. The lowest BCUT2D eigenvalue weighted by atomic mass is 10.0. The highest BCUT2D eigenvalue weighted by molar-refractivity contribution is 7.27. The fourth-order valence-electron chi connectivity index (χ4n) is 6.84. The second-order valence-corrected chi connectivity index (χ2v) is 15.5. The van der Waals surface area contributed by atoms with Crippen LogP contribution in [-0.4, -0.2) is 91.1 Å². The first kappa shape index (κ1) is 37.4. The predicted octanol–water partition coefficient (Wildman–Crippen LogP) is 5.48. The highest BCUT2D eigenvalue weighted by Gasteiger charge is 2.39. The van der Waals surface area contributed by atoms with Gasteiger partial charge < -0.3 is 40.2 Å². The van der Waals surface area contributed by atoms with E-state index in [2.05, 4.69) is 59.6 Å². The number of carboxylic acid groups (broad SMARTS) is 1. The van der Waals surface area contributed by atoms with Crippen molar-refractivity contribution in [2.45, 2.75) is 77.5 Å². The molecule has 53 heavy (non-hydrogen) atoms. The molecular formula is C37H42N8O6S2. The average molecular weight is 759 g/mol. The first-order valence-corrected chi connectivity index (χ1v) is 19.3. The highest BCUT2D eigenvalue weighted by atomic mass is 32.1. The fraction of sp³-hybridized carbons (Fsp3) is 0.459. The highest BCUT2D eigenvalue weighted by Crippen LogP contribution is 2.40. The van der Waals surface area contributed by atoms with Crippen molar-refractivity contribution in [1.29, 1.82) is 0 Å². The molecule has 0 spiro atoms. The summed E-state index contributed by atoms with van der Waals surface area (Å²) in [5.41, 5.74) is 3.31. The molecule has 4 aromatic rings. The molecular weight excluding hydrogens is 717 g/mol. The molecule has 6 heterocycles. The van der Waals surface area contributed by atoms with Gasteiger partial charge in [0.2, 0.25) is 11.8 Å². The third-order valence-electron chi connectivity index (χ3n) is 9.53. The Morgan fingerprint density at radius 2 is 1.43 bits per heavy atom. The summed E-state index contributed by atoms with van der Waals surface area (Å²) in [7, 11) is 1.27. The molecule has 2 saturated heterocycles. The van der Waals surface area contributed by atoms with Gasteiger partial charge in [-0.05, 0) is 55.3 Å². The molecule has 14 nitrogen and oxygen atoms in total. The molecule has 0 aliphatic carbocycles. The first-order chi connectivity index (χ1) is 25.5. The van der Waals surface area contributed by atoms with Crippen molar-refractivity contribution in [2.75, 3.05) is 20.2 Å². The van der Waals surface area contributed by atoms with Gasteiger partial charge in [0.05, 0.1) is 52.2 Å². The number of thiophene rings is 2. The number of likely N-dealkylation sites (tertiary alicyclic amines) is 2. The molecule has 0 radical (unpaired) electrons. The molecule has 0 aromatic carbocycles. The van der Waals surface area contributed by atoms with Gasteiger partial charge in [0.1, 0.15) is 29.4 Å². The number of ether oxygens (including phenoxy) is 1. The molecule has 0 bridgehead atoms. The number of H-pyrrole nitrogens is 2. The Labute approximate surface area is 315 Å². The van der Waals surface area contributed by atoms with E-state index in [0.717, 1.165) is 51.9 Å². The van der Waals surface area contributed by atoms with Gasteiger partial charge in [0, 0.05) is 29.4 Å². The lowest BCUT2D eigenvalue weighted by Crippen LogP contribution is -2.51. The third-order valence-corrected chi connectivity index (χ3v) is 11.7. The van der Waals surface area contributed by atoms with Gasteiger partial charge in [-0.25, -0.2) is 19.6 Å². The van der Waals surface area contributed by atoms with Crippen molar-refractivity contribution in [3.8, 4) is 34.9 Å². The number of amides is 4. The SMILES string of the molecule is COC(=O)NC(C(=O)N1CCCC1c1ncc(C#CC#Cc2csc3c(-c4cnc(C5CCCN5C(=O)[C@@H](NC(=O)O)C(C)C)[nH]4)csc23)[nH]1)C(C)C. The van der Waals surface area contributed by atoms with Gasteiger partial charge in [-0.3, -0.25) is 9.59 Å². The van der Waals surface area contributed by atoms with Crippen LogP contribution in [0, 0.1) is 35.5 Å². The maximum Gasteiger partial charge on any atom is 0.407 e. The number of fused-ring (bicyclic) bond motifs is 1. The summed E-state index contributed by atoms with van der Waals surface area (Å²) in [6, 6.07) is -2.04. The van der Waals surface area contributed by atoms with Crippen molar-refractivity contribution in [3.05, 3.63) is 46.1 Å². The van der Waals surface area contributed by atoms with Gasteiger partial charge in [-0.15, -0.1) is 22.7 Å². The van der Waals surface area contributed by atoms with Gasteiger partial charge >= 0.3 is 12.2 Å². The van der Waals surface area contributed by atoms with E-state index < -0.39 is 24.3 Å². The molecule has 2 fully saturated rings. The largest absolute Gasteiger partial charge is 0.465 e. The number of methoxy groups -OCH3 is 1. The number of rotatable bonds is 9. The first-order valence-electron chi connectivity index (χ1n) is 17.5. The molecule has 6 rings (SSSR count). The van der Waals surface area contributed by atoms with Crippen LogP contribution in [-0.2, 0) is 14.3 Å². The van der Waals surface area contributed by atoms with E-state index in [0.29, 0.717) is 30.4 Å². The number of imidazole rings is 2. The summed E-state index contributed by atoms with van der Waals surface area (Å²) in [4.78, 5) is 69.4. The van der Waals surface area contributed by atoms with Crippen LogP contribution in [0.1, 0.15) is 88.4 Å². The maximum absolute atomic E-state index is 13.4. The second kappa shape index (κ2) is 16.1. The molecule has 4 amide bonds. The summed E-state index contributed by atoms with van der Waals surface area (Å²) in [6.45, 7) is 8.52. The Morgan fingerprint density at radius 1 is 0.849 bits per heavy atom. The van der Waals surface area contributed by atoms with Crippen LogP contribution >= 0.6 is 22.7 Å². The van der Waals surface area contributed by atoms with E-state index in [1.807, 2.05) is 33.1 Å². The minimum atomic E-state index is -1.22. The Morgan fingerprint density at radius 3 is 2.06 bits per heavy atom. The van der Waals surface area contributed by atoms with Crippen molar-refractivity contribution in [3.63, 3.8) is 0 Å². The van der Waals surface area contributed by atoms with Crippen molar-refractivity contribution in [2.24, 2.45) is 11.8 Å². The number of hydrogen-bond donors (Lipinski definition) is 5. The average Bonchev–Trinajstić information content (AvgIpc) is 3.97.